The summed E-state index contributed by atoms with van der Waals surface area (Å²) in [6.45, 7) is 0.873. The summed E-state index contributed by atoms with van der Waals surface area (Å²) in [5, 5.41) is 7.73. The maximum absolute atomic E-state index is 13.0. The van der Waals surface area contributed by atoms with Gasteiger partial charge in [-0.15, -0.1) is 0 Å². The summed E-state index contributed by atoms with van der Waals surface area (Å²) in [5.74, 6) is -0.629. The molecule has 2 aliphatic rings. The minimum atomic E-state index is -3.23. The number of carbonyl (C=O) groups excluding carboxylic acids is 2. The molecule has 1 saturated carbocycles. The third-order valence-corrected chi connectivity index (χ3v) is 8.28. The lowest BCUT2D eigenvalue weighted by molar-refractivity contribution is 0.0724. The molecule has 30 heavy (non-hydrogen) atoms. The number of carbonyl (C=O) groups is 2. The van der Waals surface area contributed by atoms with Gasteiger partial charge >= 0.3 is 0 Å². The Bertz CT molecular complexity index is 1120. The molecule has 4 rings (SSSR count). The second-order valence-electron chi connectivity index (χ2n) is 8.04. The molecule has 160 valence electrons. The smallest absolute Gasteiger partial charge is 0.272 e. The first-order chi connectivity index (χ1) is 14.1. The van der Waals surface area contributed by atoms with Crippen LogP contribution in [-0.2, 0) is 29.9 Å². The van der Waals surface area contributed by atoms with Crippen LogP contribution in [0.3, 0.4) is 0 Å². The zero-order valence-corrected chi connectivity index (χ0v) is 18.4. The van der Waals surface area contributed by atoms with E-state index in [1.165, 1.54) is 10.9 Å². The van der Waals surface area contributed by atoms with Crippen molar-refractivity contribution in [3.8, 4) is 0 Å². The van der Waals surface area contributed by atoms with Crippen LogP contribution in [0.4, 0.5) is 0 Å². The van der Waals surface area contributed by atoms with Crippen LogP contribution in [0.1, 0.15) is 44.9 Å². The van der Waals surface area contributed by atoms with Crippen molar-refractivity contribution >= 4 is 33.3 Å². The molecule has 8 nitrogen and oxygen atoms in total. The van der Waals surface area contributed by atoms with Crippen LogP contribution in [0.15, 0.2) is 24.3 Å². The quantitative estimate of drug-likeness (QED) is 0.720. The van der Waals surface area contributed by atoms with E-state index in [0.29, 0.717) is 48.6 Å². The van der Waals surface area contributed by atoms with Gasteiger partial charge in [0.25, 0.3) is 11.8 Å². The summed E-state index contributed by atoms with van der Waals surface area (Å²) in [7, 11) is -1.61. The molecule has 2 amide bonds. The number of hydrogen-bond donors (Lipinski definition) is 1. The maximum Gasteiger partial charge on any atom is 0.272 e. The van der Waals surface area contributed by atoms with E-state index < -0.39 is 14.6 Å². The number of amides is 2. The number of hydrogen-bond acceptors (Lipinski definition) is 5. The highest BCUT2D eigenvalue weighted by Crippen LogP contribution is 2.44. The van der Waals surface area contributed by atoms with Crippen LogP contribution in [0, 0.1) is 0 Å². The Labute approximate surface area is 180 Å². The number of fused-ring (bicyclic) bond motifs is 1. The van der Waals surface area contributed by atoms with Crippen LogP contribution in [0.5, 0.6) is 0 Å². The Hall–Kier alpha value is -2.39. The van der Waals surface area contributed by atoms with Gasteiger partial charge in [-0.2, -0.15) is 5.10 Å². The highest BCUT2D eigenvalue weighted by atomic mass is 35.5. The van der Waals surface area contributed by atoms with E-state index in [2.05, 4.69) is 10.4 Å². The van der Waals surface area contributed by atoms with Crippen LogP contribution in [0.25, 0.3) is 0 Å². The van der Waals surface area contributed by atoms with Gasteiger partial charge in [-0.3, -0.25) is 14.3 Å². The van der Waals surface area contributed by atoms with Crippen LogP contribution < -0.4 is 5.32 Å². The van der Waals surface area contributed by atoms with Gasteiger partial charge in [0.15, 0.2) is 15.5 Å². The van der Waals surface area contributed by atoms with Gasteiger partial charge < -0.3 is 10.2 Å². The molecule has 2 heterocycles. The van der Waals surface area contributed by atoms with Gasteiger partial charge in [-0.25, -0.2) is 8.42 Å². The number of nitrogens with one attached hydrogen (secondary N) is 1. The highest BCUT2D eigenvalue weighted by Gasteiger charge is 2.54. The Morgan fingerprint density at radius 3 is 2.53 bits per heavy atom. The van der Waals surface area contributed by atoms with Crippen molar-refractivity contribution in [3.63, 3.8) is 0 Å². The molecule has 1 aliphatic carbocycles. The van der Waals surface area contributed by atoms with Crippen molar-refractivity contribution in [3.05, 3.63) is 51.8 Å². The average molecular weight is 451 g/mol. The SMILES string of the molecule is Cn1nc(C(=O)NCc2ccc(Cl)cc2)c2c1C(=O)N(CC1(S(C)(=O)=O)CC1)CC2. The molecule has 2 aromatic rings. The topological polar surface area (TPSA) is 101 Å². The number of aromatic nitrogens is 2. The summed E-state index contributed by atoms with van der Waals surface area (Å²) < 4.78 is 24.8. The molecule has 10 heteroatoms. The van der Waals surface area contributed by atoms with E-state index in [-0.39, 0.29) is 24.1 Å². The van der Waals surface area contributed by atoms with Crippen molar-refractivity contribution in [2.45, 2.75) is 30.6 Å². The zero-order valence-electron chi connectivity index (χ0n) is 16.8. The molecular formula is C20H23ClN4O4S. The van der Waals surface area contributed by atoms with E-state index in [1.54, 1.807) is 24.1 Å². The molecule has 0 atom stereocenters. The fourth-order valence-electron chi connectivity index (χ4n) is 3.91. The molecule has 0 spiro atoms. The Kier molecular flexibility index (Phi) is 5.14. The molecule has 1 aliphatic heterocycles. The molecule has 0 unspecified atom stereocenters. The highest BCUT2D eigenvalue weighted by molar-refractivity contribution is 7.92. The summed E-state index contributed by atoms with van der Waals surface area (Å²) in [4.78, 5) is 27.3. The van der Waals surface area contributed by atoms with Crippen molar-refractivity contribution in [2.75, 3.05) is 19.3 Å². The van der Waals surface area contributed by atoms with Crippen LogP contribution in [-0.4, -0.2) is 59.0 Å². The fourth-order valence-corrected chi connectivity index (χ4v) is 5.27. The lowest BCUT2D eigenvalue weighted by Crippen LogP contribution is -2.46. The number of halogens is 1. The number of nitrogens with zero attached hydrogens (tertiary/aromatic N) is 3. The Morgan fingerprint density at radius 1 is 1.27 bits per heavy atom. The molecule has 1 fully saturated rings. The van der Waals surface area contributed by atoms with E-state index in [1.807, 2.05) is 12.1 Å². The zero-order chi connectivity index (χ0) is 21.7. The van der Waals surface area contributed by atoms with Gasteiger partial charge in [0.1, 0.15) is 5.69 Å². The third kappa shape index (κ3) is 3.72. The summed E-state index contributed by atoms with van der Waals surface area (Å²) in [6.07, 6.45) is 2.84. The van der Waals surface area contributed by atoms with E-state index in [4.69, 9.17) is 11.6 Å². The van der Waals surface area contributed by atoms with Crippen LogP contribution in [0.2, 0.25) is 5.02 Å². The standard InChI is InChI=1S/C20H23ClN4O4S/c1-24-17-15(7-10-25(19(17)27)12-20(8-9-20)30(2,28)29)16(23-24)18(26)22-11-13-3-5-14(21)6-4-13/h3-6H,7-12H2,1-2H3,(H,22,26). The first-order valence-electron chi connectivity index (χ1n) is 9.69. The lowest BCUT2D eigenvalue weighted by atomic mass is 10.0. The first-order valence-corrected chi connectivity index (χ1v) is 12.0. The Morgan fingerprint density at radius 2 is 1.93 bits per heavy atom. The average Bonchev–Trinajstić information content (AvgIpc) is 3.40. The van der Waals surface area contributed by atoms with Gasteiger partial charge in [-0.05, 0) is 37.0 Å². The van der Waals surface area contributed by atoms with E-state index >= 15 is 0 Å². The van der Waals surface area contributed by atoms with E-state index in [9.17, 15) is 18.0 Å². The predicted molar refractivity (Wildman–Crippen MR) is 112 cm³/mol. The lowest BCUT2D eigenvalue weighted by Gasteiger charge is -2.30. The summed E-state index contributed by atoms with van der Waals surface area (Å²) >= 11 is 5.88. The minimum Gasteiger partial charge on any atom is -0.347 e. The largest absolute Gasteiger partial charge is 0.347 e. The molecule has 1 aromatic heterocycles. The monoisotopic (exact) mass is 450 g/mol. The predicted octanol–water partition coefficient (Wildman–Crippen LogP) is 1.58. The molecule has 0 bridgehead atoms. The van der Waals surface area contributed by atoms with Crippen molar-refractivity contribution < 1.29 is 18.0 Å². The first kappa shape index (κ1) is 20.9. The van der Waals surface area contributed by atoms with Crippen molar-refractivity contribution in [1.82, 2.24) is 20.0 Å². The number of rotatable bonds is 6. The second-order valence-corrected chi connectivity index (χ2v) is 10.9. The van der Waals surface area contributed by atoms with Gasteiger partial charge in [0.05, 0.1) is 4.75 Å². The van der Waals surface area contributed by atoms with Gasteiger partial charge in [-0.1, -0.05) is 23.7 Å². The molecular weight excluding hydrogens is 428 g/mol. The number of benzene rings is 1. The molecule has 1 N–H and O–H groups in total. The fraction of sp³-hybridized carbons (Fsp3) is 0.450. The molecule has 1 aromatic carbocycles. The Balaban J connectivity index is 1.50. The molecule has 0 radical (unpaired) electrons. The second kappa shape index (κ2) is 7.39. The van der Waals surface area contributed by atoms with Gasteiger partial charge in [0, 0.05) is 43.5 Å². The van der Waals surface area contributed by atoms with Gasteiger partial charge in [0.2, 0.25) is 0 Å². The van der Waals surface area contributed by atoms with E-state index in [0.717, 1.165) is 5.56 Å². The van der Waals surface area contributed by atoms with Crippen LogP contribution >= 0.6 is 11.6 Å². The maximum atomic E-state index is 13.0. The minimum absolute atomic E-state index is 0.188. The number of aryl methyl sites for hydroxylation is 1. The summed E-state index contributed by atoms with van der Waals surface area (Å²) in [5.41, 5.74) is 2.09. The third-order valence-electron chi connectivity index (χ3n) is 5.92. The van der Waals surface area contributed by atoms with Crippen molar-refractivity contribution in [2.24, 2.45) is 7.05 Å². The summed E-state index contributed by atoms with van der Waals surface area (Å²) in [6, 6.07) is 7.16. The normalized spacial score (nSPS) is 17.6. The van der Waals surface area contributed by atoms with Crippen molar-refractivity contribution in [1.29, 1.82) is 0 Å². The number of sulfone groups is 1. The molecule has 0 saturated heterocycles.